The van der Waals surface area contributed by atoms with Crippen LogP contribution in [0.5, 0.6) is 0 Å². The Bertz CT molecular complexity index is 433. The first-order chi connectivity index (χ1) is 9.60. The second-order valence-corrected chi connectivity index (χ2v) is 7.54. The van der Waals surface area contributed by atoms with Crippen LogP contribution in [0, 0.1) is 17.8 Å². The molecule has 0 aromatic carbocycles. The van der Waals surface area contributed by atoms with Gasteiger partial charge in [-0.05, 0) is 57.4 Å². The molecule has 2 heterocycles. The van der Waals surface area contributed by atoms with Gasteiger partial charge in [-0.15, -0.1) is 0 Å². The molecular formula is C16H24N2O2. The summed E-state index contributed by atoms with van der Waals surface area (Å²) in [5, 5.41) is 3.62. The summed E-state index contributed by atoms with van der Waals surface area (Å²) in [6, 6.07) is 0.164. The molecule has 1 N–H and O–H groups in total. The molecule has 0 radical (unpaired) electrons. The van der Waals surface area contributed by atoms with Crippen molar-refractivity contribution in [2.45, 2.75) is 63.5 Å². The number of amides is 2. The van der Waals surface area contributed by atoms with Crippen molar-refractivity contribution in [1.29, 1.82) is 0 Å². The fraction of sp³-hybridized carbons (Fsp3) is 0.875. The van der Waals surface area contributed by atoms with E-state index in [1.807, 2.05) is 0 Å². The lowest BCUT2D eigenvalue weighted by molar-refractivity contribution is -0.145. The number of hydrogen-bond acceptors (Lipinski definition) is 3. The minimum absolute atomic E-state index is 0.00438. The Balaban J connectivity index is 1.54. The Morgan fingerprint density at radius 2 is 1.80 bits per heavy atom. The van der Waals surface area contributed by atoms with Crippen LogP contribution in [0.15, 0.2) is 0 Å². The summed E-state index contributed by atoms with van der Waals surface area (Å²) < 4.78 is 0. The molecule has 0 aromatic heterocycles. The summed E-state index contributed by atoms with van der Waals surface area (Å²) >= 11 is 0. The van der Waals surface area contributed by atoms with Crippen molar-refractivity contribution in [3.8, 4) is 0 Å². The number of likely N-dealkylation sites (tertiary alicyclic amines) is 1. The van der Waals surface area contributed by atoms with Crippen molar-refractivity contribution in [2.75, 3.05) is 6.54 Å². The normalized spacial score (nSPS) is 43.0. The number of carbonyl (C=O) groups excluding carboxylic acids is 2. The molecule has 0 bridgehead atoms. The van der Waals surface area contributed by atoms with Gasteiger partial charge in [-0.1, -0.05) is 6.92 Å². The molecule has 3 unspecified atom stereocenters. The van der Waals surface area contributed by atoms with Gasteiger partial charge in [0.25, 0.3) is 0 Å². The highest BCUT2D eigenvalue weighted by atomic mass is 16.2. The van der Waals surface area contributed by atoms with E-state index in [0.29, 0.717) is 5.92 Å². The van der Waals surface area contributed by atoms with Crippen LogP contribution < -0.4 is 5.32 Å². The molecular weight excluding hydrogens is 252 g/mol. The van der Waals surface area contributed by atoms with Gasteiger partial charge in [-0.2, -0.15) is 0 Å². The first-order valence-corrected chi connectivity index (χ1v) is 8.22. The third-order valence-corrected chi connectivity index (χ3v) is 6.19. The van der Waals surface area contributed by atoms with Crippen LogP contribution in [0.1, 0.15) is 51.9 Å². The molecule has 2 amide bonds. The third-order valence-electron chi connectivity index (χ3n) is 6.19. The lowest BCUT2D eigenvalue weighted by atomic mass is 9.70. The van der Waals surface area contributed by atoms with Gasteiger partial charge in [-0.3, -0.25) is 14.5 Å². The van der Waals surface area contributed by atoms with Gasteiger partial charge in [0.1, 0.15) is 0 Å². The predicted molar refractivity (Wildman–Crippen MR) is 74.8 cm³/mol. The van der Waals surface area contributed by atoms with E-state index >= 15 is 0 Å². The number of carbonyl (C=O) groups is 2. The van der Waals surface area contributed by atoms with Crippen molar-refractivity contribution < 1.29 is 9.59 Å². The first kappa shape index (κ1) is 12.8. The molecule has 4 aliphatic rings. The van der Waals surface area contributed by atoms with Crippen molar-refractivity contribution in [3.05, 3.63) is 0 Å². The molecule has 20 heavy (non-hydrogen) atoms. The maximum Gasteiger partial charge on any atom is 0.233 e. The summed E-state index contributed by atoms with van der Waals surface area (Å²) in [5.74, 6) is 0.831. The topological polar surface area (TPSA) is 49.4 Å². The Hall–Kier alpha value is -0.900. The molecule has 4 rings (SSSR count). The number of rotatable bonds is 1. The van der Waals surface area contributed by atoms with E-state index < -0.39 is 0 Å². The van der Waals surface area contributed by atoms with Crippen molar-refractivity contribution in [2.24, 2.45) is 17.8 Å². The summed E-state index contributed by atoms with van der Waals surface area (Å²) in [4.78, 5) is 27.0. The molecule has 0 aromatic rings. The van der Waals surface area contributed by atoms with Crippen LogP contribution in [-0.4, -0.2) is 34.8 Å². The van der Waals surface area contributed by atoms with Crippen LogP contribution in [0.4, 0.5) is 0 Å². The summed E-state index contributed by atoms with van der Waals surface area (Å²) in [6.45, 7) is 3.12. The quantitative estimate of drug-likeness (QED) is 0.742. The number of hydrogen-bond donors (Lipinski definition) is 1. The zero-order valence-electron chi connectivity index (χ0n) is 12.2. The Kier molecular flexibility index (Phi) is 2.75. The SMILES string of the molecule is CC1CC2C(=O)N(C3CCNC4(CCC4)C3)C(=O)C2C1. The van der Waals surface area contributed by atoms with Crippen LogP contribution in [0.2, 0.25) is 0 Å². The molecule has 4 heteroatoms. The van der Waals surface area contributed by atoms with Gasteiger partial charge in [0.15, 0.2) is 0 Å². The summed E-state index contributed by atoms with van der Waals surface area (Å²) in [7, 11) is 0. The molecule has 1 spiro atoms. The largest absolute Gasteiger partial charge is 0.311 e. The van der Waals surface area contributed by atoms with E-state index in [1.54, 1.807) is 4.90 Å². The highest BCUT2D eigenvalue weighted by Crippen LogP contribution is 2.46. The Labute approximate surface area is 120 Å². The van der Waals surface area contributed by atoms with E-state index in [4.69, 9.17) is 0 Å². The summed E-state index contributed by atoms with van der Waals surface area (Å²) in [6.07, 6.45) is 7.47. The third kappa shape index (κ3) is 1.70. The summed E-state index contributed by atoms with van der Waals surface area (Å²) in [5.41, 5.74) is 0.245. The van der Waals surface area contributed by atoms with E-state index in [-0.39, 0.29) is 35.2 Å². The lowest BCUT2D eigenvalue weighted by Crippen LogP contribution is -2.60. The van der Waals surface area contributed by atoms with E-state index in [2.05, 4.69) is 12.2 Å². The van der Waals surface area contributed by atoms with Crippen molar-refractivity contribution in [3.63, 3.8) is 0 Å². The minimum atomic E-state index is 0.00438. The number of imide groups is 1. The Morgan fingerprint density at radius 1 is 1.15 bits per heavy atom. The monoisotopic (exact) mass is 276 g/mol. The Morgan fingerprint density at radius 3 is 2.35 bits per heavy atom. The number of nitrogens with zero attached hydrogens (tertiary/aromatic N) is 1. The smallest absolute Gasteiger partial charge is 0.233 e. The molecule has 4 nitrogen and oxygen atoms in total. The van der Waals surface area contributed by atoms with Gasteiger partial charge in [-0.25, -0.2) is 0 Å². The van der Waals surface area contributed by atoms with E-state index in [9.17, 15) is 9.59 Å². The maximum atomic E-state index is 12.6. The van der Waals surface area contributed by atoms with Gasteiger partial charge in [0, 0.05) is 11.6 Å². The van der Waals surface area contributed by atoms with Gasteiger partial charge >= 0.3 is 0 Å². The second kappa shape index (κ2) is 4.30. The van der Waals surface area contributed by atoms with E-state index in [1.165, 1.54) is 19.3 Å². The average molecular weight is 276 g/mol. The fourth-order valence-electron chi connectivity index (χ4n) is 5.00. The van der Waals surface area contributed by atoms with Crippen LogP contribution in [0.25, 0.3) is 0 Å². The second-order valence-electron chi connectivity index (χ2n) is 7.54. The van der Waals surface area contributed by atoms with Gasteiger partial charge in [0.05, 0.1) is 11.8 Å². The predicted octanol–water partition coefficient (Wildman–Crippen LogP) is 1.69. The highest BCUT2D eigenvalue weighted by Gasteiger charge is 2.55. The van der Waals surface area contributed by atoms with E-state index in [0.717, 1.165) is 32.2 Å². The maximum absolute atomic E-state index is 12.6. The molecule has 2 aliphatic carbocycles. The number of fused-ring (bicyclic) bond motifs is 1. The molecule has 3 atom stereocenters. The standard InChI is InChI=1S/C16H24N2O2/c1-10-7-12-13(8-10)15(20)18(14(12)19)11-3-6-17-16(9-11)4-2-5-16/h10-13,17H,2-9H2,1H3. The molecule has 2 saturated carbocycles. The van der Waals surface area contributed by atoms with Crippen molar-refractivity contribution in [1.82, 2.24) is 10.2 Å². The molecule has 4 fully saturated rings. The van der Waals surface area contributed by atoms with Crippen LogP contribution >= 0.6 is 0 Å². The first-order valence-electron chi connectivity index (χ1n) is 8.22. The minimum Gasteiger partial charge on any atom is -0.311 e. The van der Waals surface area contributed by atoms with Crippen LogP contribution in [-0.2, 0) is 9.59 Å². The number of nitrogens with one attached hydrogen (secondary N) is 1. The van der Waals surface area contributed by atoms with Gasteiger partial charge in [0.2, 0.25) is 11.8 Å². The molecule has 110 valence electrons. The van der Waals surface area contributed by atoms with Crippen LogP contribution in [0.3, 0.4) is 0 Å². The fourth-order valence-corrected chi connectivity index (χ4v) is 5.00. The lowest BCUT2D eigenvalue weighted by Gasteiger charge is -2.49. The molecule has 2 aliphatic heterocycles. The zero-order chi connectivity index (χ0) is 13.9. The molecule has 2 saturated heterocycles. The zero-order valence-corrected chi connectivity index (χ0v) is 12.2. The number of piperidine rings is 1. The van der Waals surface area contributed by atoms with Crippen molar-refractivity contribution >= 4 is 11.8 Å². The van der Waals surface area contributed by atoms with Gasteiger partial charge < -0.3 is 5.32 Å². The average Bonchev–Trinajstić information content (AvgIpc) is 2.88. The highest BCUT2D eigenvalue weighted by molar-refractivity contribution is 6.05.